The third-order valence-corrected chi connectivity index (χ3v) is 14.6. The number of unbranched alkanes of at least 4 members (excludes halogenated alkanes) is 18. The second-order valence-corrected chi connectivity index (χ2v) is 19.3. The highest BCUT2D eigenvalue weighted by molar-refractivity contribution is 5.03. The van der Waals surface area contributed by atoms with Gasteiger partial charge in [-0.05, 0) is 151 Å². The van der Waals surface area contributed by atoms with Gasteiger partial charge in [0.15, 0.2) is 0 Å². The average molecular weight is 809 g/mol. The van der Waals surface area contributed by atoms with Crippen molar-refractivity contribution in [1.82, 2.24) is 0 Å². The van der Waals surface area contributed by atoms with E-state index in [0.717, 1.165) is 37.5 Å². The Morgan fingerprint density at radius 3 is 1.19 bits per heavy atom. The minimum absolute atomic E-state index is 0.0605. The van der Waals surface area contributed by atoms with Gasteiger partial charge in [0.1, 0.15) is 0 Å². The van der Waals surface area contributed by atoms with Gasteiger partial charge in [-0.3, -0.25) is 0 Å². The first-order valence-electron chi connectivity index (χ1n) is 25.6. The molecule has 3 aliphatic rings. The minimum atomic E-state index is 0.0605. The molecular weight excluding hydrogens is 713 g/mol. The van der Waals surface area contributed by atoms with Gasteiger partial charge in [-0.25, -0.2) is 0 Å². The molecule has 0 unspecified atom stereocenters. The minimum Gasteiger partial charge on any atom is -0.394 e. The molecule has 4 atom stereocenters. The highest BCUT2D eigenvalue weighted by atomic mass is 16.5. The van der Waals surface area contributed by atoms with Gasteiger partial charge in [0, 0.05) is 0 Å². The number of ether oxygens (including phenoxy) is 2. The fraction of sp³-hybridized carbons (Fsp3) is 0.852. The third-order valence-electron chi connectivity index (χ3n) is 14.6. The molecule has 3 saturated carbocycles. The Morgan fingerprint density at radius 2 is 0.810 bits per heavy atom. The van der Waals surface area contributed by atoms with Crippen LogP contribution in [-0.4, -0.2) is 48.8 Å². The van der Waals surface area contributed by atoms with E-state index < -0.39 is 0 Å². The van der Waals surface area contributed by atoms with E-state index in [2.05, 4.69) is 62.5 Å². The molecule has 0 heterocycles. The zero-order valence-corrected chi connectivity index (χ0v) is 38.5. The van der Waals surface area contributed by atoms with Gasteiger partial charge in [0.25, 0.3) is 0 Å². The molecule has 0 radical (unpaired) electrons. The summed E-state index contributed by atoms with van der Waals surface area (Å²) in [6, 6.07) is 0. The maximum Gasteiger partial charge on any atom is 0.0840 e. The third kappa shape index (κ3) is 22.1. The van der Waals surface area contributed by atoms with E-state index in [4.69, 9.17) is 9.47 Å². The summed E-state index contributed by atoms with van der Waals surface area (Å²) in [5.74, 6) is 1.45. The fourth-order valence-electron chi connectivity index (χ4n) is 11.1. The quantitative estimate of drug-likeness (QED) is 0.0489. The summed E-state index contributed by atoms with van der Waals surface area (Å²) in [6.45, 7) is 5.45. The van der Waals surface area contributed by atoms with E-state index in [9.17, 15) is 10.2 Å². The molecule has 3 fully saturated rings. The van der Waals surface area contributed by atoms with Crippen molar-refractivity contribution in [3.8, 4) is 0 Å². The summed E-state index contributed by atoms with van der Waals surface area (Å²) >= 11 is 0. The van der Waals surface area contributed by atoms with Crippen LogP contribution >= 0.6 is 0 Å². The Hall–Kier alpha value is -1.20. The van der Waals surface area contributed by atoms with Crippen LogP contribution in [0.1, 0.15) is 232 Å². The first-order chi connectivity index (χ1) is 28.6. The average Bonchev–Trinajstić information content (AvgIpc) is 3.59. The van der Waals surface area contributed by atoms with Crippen LogP contribution in [0.5, 0.6) is 0 Å². The lowest BCUT2D eigenvalue weighted by Gasteiger charge is -2.46. The van der Waals surface area contributed by atoms with Gasteiger partial charge in [0.2, 0.25) is 0 Å². The number of rotatable bonds is 36. The number of hydrogen-bond acceptors (Lipinski definition) is 4. The molecule has 1 spiro atoms. The number of fused-ring (bicyclic) bond motifs is 1. The summed E-state index contributed by atoms with van der Waals surface area (Å²) in [6.07, 6.45) is 64.7. The van der Waals surface area contributed by atoms with Crippen molar-refractivity contribution in [1.29, 1.82) is 0 Å². The monoisotopic (exact) mass is 809 g/mol. The summed E-state index contributed by atoms with van der Waals surface area (Å²) in [5.41, 5.74) is 1.09. The molecule has 3 aliphatic carbocycles. The van der Waals surface area contributed by atoms with Crippen molar-refractivity contribution in [2.75, 3.05) is 26.4 Å². The zero-order chi connectivity index (χ0) is 41.3. The van der Waals surface area contributed by atoms with Crippen molar-refractivity contribution in [3.05, 3.63) is 48.6 Å². The van der Waals surface area contributed by atoms with Gasteiger partial charge in [0.05, 0.1) is 38.6 Å². The van der Waals surface area contributed by atoms with E-state index in [1.54, 1.807) is 0 Å². The Labute approximate surface area is 360 Å². The van der Waals surface area contributed by atoms with Crippen LogP contribution in [0.25, 0.3) is 0 Å². The number of aliphatic hydroxyl groups excluding tert-OH is 2. The Balaban J connectivity index is 1.38. The van der Waals surface area contributed by atoms with Crippen LogP contribution in [0.3, 0.4) is 0 Å². The summed E-state index contributed by atoms with van der Waals surface area (Å²) in [5, 5.41) is 18.9. The predicted molar refractivity (Wildman–Crippen MR) is 250 cm³/mol. The maximum absolute atomic E-state index is 9.46. The lowest BCUT2D eigenvalue weighted by molar-refractivity contribution is -0.120. The molecule has 336 valence electrons. The van der Waals surface area contributed by atoms with Crippen LogP contribution in [0.15, 0.2) is 48.6 Å². The maximum atomic E-state index is 9.46. The molecule has 0 aromatic heterocycles. The van der Waals surface area contributed by atoms with Crippen molar-refractivity contribution >= 4 is 0 Å². The Kier molecular flexibility index (Phi) is 29.5. The second kappa shape index (κ2) is 33.4. The van der Waals surface area contributed by atoms with E-state index >= 15 is 0 Å². The molecule has 0 aromatic carbocycles. The standard InChI is InChI=1S/C54H96O4/c1-3-5-7-9-11-13-15-17-19-21-23-25-27-29-31-33-35-53(36-34-32-30-28-26-24-22-20-18-16-14-12-10-8-6-4-2)37-39-54(40-38-53)47-49-45-51(57-43-41-55)52(58-44-42-56)46-50(49)48-54/h11-14,17-20,49-52,55-56H,3-10,15-16,21-48H2,1-2H3/b13-11-,14-12-,19-17-,20-18-/t49-,50-,51-,52+/m1/s1. The normalized spacial score (nSPS) is 23.1. The van der Waals surface area contributed by atoms with Crippen molar-refractivity contribution in [2.24, 2.45) is 22.7 Å². The SMILES string of the molecule is CCCCC/C=C\C/C=C\CCCCCCCCC1(CCCCCCCC/C=C\C/C=C\CCCCC)CCC2(CC1)C[C@H]1C[C@H](OCCO)[C@H](OCCO)C[C@@H]1C2. The number of aliphatic hydroxyl groups is 2. The summed E-state index contributed by atoms with van der Waals surface area (Å²) in [7, 11) is 0. The van der Waals surface area contributed by atoms with Crippen molar-refractivity contribution in [3.63, 3.8) is 0 Å². The number of hydrogen-bond donors (Lipinski definition) is 2. The van der Waals surface area contributed by atoms with E-state index in [-0.39, 0.29) is 25.4 Å². The Bertz CT molecular complexity index is 991. The van der Waals surface area contributed by atoms with Gasteiger partial charge < -0.3 is 19.7 Å². The lowest BCUT2D eigenvalue weighted by Crippen LogP contribution is -2.41. The van der Waals surface area contributed by atoms with Crippen LogP contribution in [0, 0.1) is 22.7 Å². The topological polar surface area (TPSA) is 58.9 Å². The van der Waals surface area contributed by atoms with Crippen molar-refractivity contribution < 1.29 is 19.7 Å². The molecule has 0 bridgehead atoms. The zero-order valence-electron chi connectivity index (χ0n) is 38.5. The first-order valence-corrected chi connectivity index (χ1v) is 25.6. The molecule has 0 aromatic rings. The van der Waals surface area contributed by atoms with E-state index in [0.29, 0.717) is 24.0 Å². The van der Waals surface area contributed by atoms with Gasteiger partial charge >= 0.3 is 0 Å². The second-order valence-electron chi connectivity index (χ2n) is 19.3. The van der Waals surface area contributed by atoms with E-state index in [1.807, 2.05) is 0 Å². The predicted octanol–water partition coefficient (Wildman–Crippen LogP) is 15.5. The summed E-state index contributed by atoms with van der Waals surface area (Å²) in [4.78, 5) is 0. The Morgan fingerprint density at radius 1 is 0.448 bits per heavy atom. The first kappa shape index (κ1) is 51.2. The molecule has 0 aliphatic heterocycles. The van der Waals surface area contributed by atoms with Crippen LogP contribution in [-0.2, 0) is 9.47 Å². The van der Waals surface area contributed by atoms with Gasteiger partial charge in [-0.15, -0.1) is 0 Å². The smallest absolute Gasteiger partial charge is 0.0840 e. The van der Waals surface area contributed by atoms with Crippen LogP contribution < -0.4 is 0 Å². The van der Waals surface area contributed by atoms with E-state index in [1.165, 1.54) is 193 Å². The number of allylic oxidation sites excluding steroid dienone is 8. The molecule has 0 amide bonds. The molecule has 4 nitrogen and oxygen atoms in total. The molecule has 4 heteroatoms. The van der Waals surface area contributed by atoms with Crippen molar-refractivity contribution in [2.45, 2.75) is 244 Å². The fourth-order valence-corrected chi connectivity index (χ4v) is 11.1. The summed E-state index contributed by atoms with van der Waals surface area (Å²) < 4.78 is 12.3. The lowest BCUT2D eigenvalue weighted by atomic mass is 9.59. The largest absolute Gasteiger partial charge is 0.394 e. The van der Waals surface area contributed by atoms with Crippen LogP contribution in [0.4, 0.5) is 0 Å². The van der Waals surface area contributed by atoms with Gasteiger partial charge in [-0.1, -0.05) is 152 Å². The molecule has 3 rings (SSSR count). The molecule has 0 saturated heterocycles. The molecule has 2 N–H and O–H groups in total. The highest BCUT2D eigenvalue weighted by Gasteiger charge is 2.52. The highest BCUT2D eigenvalue weighted by Crippen LogP contribution is 2.62. The molecular formula is C54H96O4. The molecule has 58 heavy (non-hydrogen) atoms. The van der Waals surface area contributed by atoms with Crippen LogP contribution in [0.2, 0.25) is 0 Å². The van der Waals surface area contributed by atoms with Gasteiger partial charge in [-0.2, -0.15) is 0 Å².